The number of ether oxygens (including phenoxy) is 2. The maximum absolute atomic E-state index is 9.00. The summed E-state index contributed by atoms with van der Waals surface area (Å²) in [5.74, 6) is -1.67. The summed E-state index contributed by atoms with van der Waals surface area (Å²) < 4.78 is 9.44. The Labute approximate surface area is 76.1 Å². The van der Waals surface area contributed by atoms with Gasteiger partial charge in [0.1, 0.15) is 6.79 Å². The minimum absolute atomic E-state index is 0.500. The third-order valence-electron chi connectivity index (χ3n) is 0.539. The molecule has 6 heteroatoms. The number of hydrogen-bond acceptors (Lipinski definition) is 4. The zero-order valence-electron chi connectivity index (χ0n) is 7.65. The molecule has 1 aliphatic heterocycles. The quantitative estimate of drug-likeness (QED) is 0.571. The van der Waals surface area contributed by atoms with Crippen LogP contribution >= 0.6 is 0 Å². The van der Waals surface area contributed by atoms with E-state index in [0.717, 1.165) is 27.1 Å². The van der Waals surface area contributed by atoms with E-state index in [1.54, 1.807) is 0 Å². The van der Waals surface area contributed by atoms with Gasteiger partial charge in [-0.05, 0) is 0 Å². The van der Waals surface area contributed by atoms with Gasteiger partial charge in [0.15, 0.2) is 0 Å². The molecule has 0 radical (unpaired) electrons. The van der Waals surface area contributed by atoms with Gasteiger partial charge in [0.05, 0.1) is 13.2 Å². The Morgan fingerprint density at radius 1 is 1.00 bits per heavy atom. The van der Waals surface area contributed by atoms with Crippen LogP contribution in [0.25, 0.3) is 0 Å². The highest BCUT2D eigenvalue weighted by atomic mass is 16.7. The van der Waals surface area contributed by atoms with Crippen molar-refractivity contribution >= 4 is 11.9 Å². The van der Waals surface area contributed by atoms with Crippen molar-refractivity contribution in [2.45, 2.75) is 13.8 Å². The molecule has 0 spiro atoms. The number of rotatable bonds is 0. The molecule has 2 N–H and O–H groups in total. The third kappa shape index (κ3) is 57.2. The highest BCUT2D eigenvalue weighted by Crippen LogP contribution is 1.85. The molecule has 1 aliphatic rings. The molecule has 0 aromatic carbocycles. The van der Waals surface area contributed by atoms with E-state index in [4.69, 9.17) is 29.3 Å². The lowest BCUT2D eigenvalue weighted by atomic mass is 10.8. The first-order valence-electron chi connectivity index (χ1n) is 3.51. The monoisotopic (exact) mass is 194 g/mol. The Hall–Kier alpha value is -1.14. The molecule has 1 rings (SSSR count). The van der Waals surface area contributed by atoms with Crippen molar-refractivity contribution in [3.8, 4) is 0 Å². The van der Waals surface area contributed by atoms with E-state index in [1.165, 1.54) is 0 Å². The Morgan fingerprint density at radius 3 is 1.31 bits per heavy atom. The maximum atomic E-state index is 9.00. The van der Waals surface area contributed by atoms with E-state index >= 15 is 0 Å². The van der Waals surface area contributed by atoms with Crippen LogP contribution in [-0.2, 0) is 19.1 Å². The van der Waals surface area contributed by atoms with Crippen LogP contribution in [0.5, 0.6) is 0 Å². The van der Waals surface area contributed by atoms with Crippen molar-refractivity contribution in [2.24, 2.45) is 0 Å². The molecule has 6 nitrogen and oxygen atoms in total. The van der Waals surface area contributed by atoms with Crippen molar-refractivity contribution in [3.05, 3.63) is 0 Å². The number of carbonyl (C=O) groups is 2. The number of aliphatic carboxylic acids is 2. The Morgan fingerprint density at radius 2 is 1.23 bits per heavy atom. The molecule has 0 saturated carbocycles. The van der Waals surface area contributed by atoms with Crippen molar-refractivity contribution in [1.82, 2.24) is 0 Å². The second kappa shape index (κ2) is 10.9. The van der Waals surface area contributed by atoms with E-state index in [2.05, 4.69) is 0 Å². The maximum Gasteiger partial charge on any atom is 0.300 e. The topological polar surface area (TPSA) is 93.1 Å². The second-order valence-corrected chi connectivity index (χ2v) is 1.97. The van der Waals surface area contributed by atoms with Crippen LogP contribution in [0.4, 0.5) is 0 Å². The van der Waals surface area contributed by atoms with Gasteiger partial charge in [0.2, 0.25) is 0 Å². The summed E-state index contributed by atoms with van der Waals surface area (Å²) in [6.07, 6.45) is 0. The third-order valence-corrected chi connectivity index (χ3v) is 0.539. The standard InChI is InChI=1S/C3H6O2.2C2H4O2/c1-2-5-3-4-1;2*1-2(3)4/h1-3H2;2*1H3,(H,3,4). The lowest BCUT2D eigenvalue weighted by Crippen LogP contribution is -1.79. The Kier molecular flexibility index (Phi) is 12.0. The van der Waals surface area contributed by atoms with Gasteiger partial charge < -0.3 is 19.7 Å². The van der Waals surface area contributed by atoms with Crippen LogP contribution in [0.2, 0.25) is 0 Å². The predicted octanol–water partition coefficient (Wildman–Crippen LogP) is 0.172. The highest BCUT2D eigenvalue weighted by Gasteiger charge is 1.93. The van der Waals surface area contributed by atoms with E-state index in [0.29, 0.717) is 6.79 Å². The van der Waals surface area contributed by atoms with Crippen molar-refractivity contribution in [1.29, 1.82) is 0 Å². The molecule has 0 aromatic rings. The molecule has 0 bridgehead atoms. The summed E-state index contributed by atoms with van der Waals surface area (Å²) in [6.45, 7) is 4.22. The Balaban J connectivity index is 0. The average Bonchev–Trinajstić information content (AvgIpc) is 2.35. The molecule has 0 unspecified atom stereocenters. The predicted molar refractivity (Wildman–Crippen MR) is 43.4 cm³/mol. The fourth-order valence-electron chi connectivity index (χ4n) is 0.295. The second-order valence-electron chi connectivity index (χ2n) is 1.97. The molecular weight excluding hydrogens is 180 g/mol. The zero-order valence-corrected chi connectivity index (χ0v) is 7.65. The van der Waals surface area contributed by atoms with E-state index in [1.807, 2.05) is 0 Å². The van der Waals surface area contributed by atoms with E-state index in [-0.39, 0.29) is 0 Å². The minimum atomic E-state index is -0.833. The molecule has 78 valence electrons. The SMILES string of the molecule is C1COCO1.CC(=O)O.CC(=O)O. The van der Waals surface area contributed by atoms with E-state index < -0.39 is 11.9 Å². The van der Waals surface area contributed by atoms with Crippen LogP contribution in [0.15, 0.2) is 0 Å². The van der Waals surface area contributed by atoms with E-state index in [9.17, 15) is 0 Å². The minimum Gasteiger partial charge on any atom is -0.481 e. The first-order valence-corrected chi connectivity index (χ1v) is 3.51. The van der Waals surface area contributed by atoms with Gasteiger partial charge in [-0.25, -0.2) is 0 Å². The number of hydrogen-bond donors (Lipinski definition) is 2. The fourth-order valence-corrected chi connectivity index (χ4v) is 0.295. The van der Waals surface area contributed by atoms with Crippen LogP contribution in [0, 0.1) is 0 Å². The largest absolute Gasteiger partial charge is 0.481 e. The lowest BCUT2D eigenvalue weighted by Gasteiger charge is -1.76. The zero-order chi connectivity index (χ0) is 10.7. The van der Waals surface area contributed by atoms with Crippen LogP contribution in [0.3, 0.4) is 0 Å². The summed E-state index contributed by atoms with van der Waals surface area (Å²) in [7, 11) is 0. The average molecular weight is 194 g/mol. The fraction of sp³-hybridized carbons (Fsp3) is 0.714. The first kappa shape index (κ1) is 14.4. The van der Waals surface area contributed by atoms with Gasteiger partial charge in [-0.3, -0.25) is 9.59 Å². The van der Waals surface area contributed by atoms with Crippen LogP contribution < -0.4 is 0 Å². The molecule has 1 saturated heterocycles. The summed E-state index contributed by atoms with van der Waals surface area (Å²) in [5, 5.41) is 14.8. The van der Waals surface area contributed by atoms with Crippen LogP contribution in [0.1, 0.15) is 13.8 Å². The molecule has 0 amide bonds. The van der Waals surface area contributed by atoms with Crippen molar-refractivity contribution < 1.29 is 29.3 Å². The number of carboxylic acids is 2. The van der Waals surface area contributed by atoms with Gasteiger partial charge in [0, 0.05) is 13.8 Å². The van der Waals surface area contributed by atoms with Crippen LogP contribution in [-0.4, -0.2) is 42.2 Å². The molecule has 1 heterocycles. The molecule has 0 atom stereocenters. The number of carboxylic acid groups (broad SMARTS) is 2. The summed E-state index contributed by atoms with van der Waals surface area (Å²) in [5.41, 5.74) is 0. The molecule has 0 aromatic heterocycles. The van der Waals surface area contributed by atoms with Gasteiger partial charge in [-0.2, -0.15) is 0 Å². The summed E-state index contributed by atoms with van der Waals surface area (Å²) in [6, 6.07) is 0. The molecule has 13 heavy (non-hydrogen) atoms. The van der Waals surface area contributed by atoms with Gasteiger partial charge in [-0.1, -0.05) is 0 Å². The summed E-state index contributed by atoms with van der Waals surface area (Å²) in [4.78, 5) is 18.0. The molecule has 0 aliphatic carbocycles. The highest BCUT2D eigenvalue weighted by molar-refractivity contribution is 5.63. The van der Waals surface area contributed by atoms with Gasteiger partial charge in [0.25, 0.3) is 11.9 Å². The lowest BCUT2D eigenvalue weighted by molar-refractivity contribution is -0.135. The van der Waals surface area contributed by atoms with Gasteiger partial charge in [-0.15, -0.1) is 0 Å². The smallest absolute Gasteiger partial charge is 0.300 e. The van der Waals surface area contributed by atoms with Crippen molar-refractivity contribution in [2.75, 3.05) is 20.0 Å². The molecular formula is C7H14O6. The van der Waals surface area contributed by atoms with Crippen molar-refractivity contribution in [3.63, 3.8) is 0 Å². The normalized spacial score (nSPS) is 13.1. The summed E-state index contributed by atoms with van der Waals surface area (Å²) >= 11 is 0. The molecule has 1 fully saturated rings. The first-order chi connectivity index (χ1) is 5.96. The Bertz CT molecular complexity index is 112. The van der Waals surface area contributed by atoms with Gasteiger partial charge >= 0.3 is 0 Å².